The first-order chi connectivity index (χ1) is 15.3. The second-order valence-electron chi connectivity index (χ2n) is 11.2. The van der Waals surface area contributed by atoms with E-state index in [0.717, 1.165) is 32.1 Å². The fourth-order valence-electron chi connectivity index (χ4n) is 8.39. The van der Waals surface area contributed by atoms with E-state index >= 15 is 0 Å². The van der Waals surface area contributed by atoms with Crippen LogP contribution in [0.5, 0.6) is 0 Å². The van der Waals surface area contributed by atoms with Crippen molar-refractivity contribution in [2.75, 3.05) is 20.8 Å². The number of hydrogen-bond acceptors (Lipinski definition) is 8. The zero-order chi connectivity index (χ0) is 22.5. The molecule has 5 saturated heterocycles. The monoisotopic (exact) mass is 452 g/mol. The summed E-state index contributed by atoms with van der Waals surface area (Å²) in [6.45, 7) is 6.81. The largest absolute Gasteiger partial charge is 0.462 e. The van der Waals surface area contributed by atoms with E-state index in [9.17, 15) is 4.79 Å². The summed E-state index contributed by atoms with van der Waals surface area (Å²) >= 11 is 0. The number of methoxy groups -OCH3 is 2. The molecule has 2 spiro atoms. The fourth-order valence-corrected chi connectivity index (χ4v) is 8.39. The zero-order valence-electron chi connectivity index (χ0n) is 19.7. The topological polar surface area (TPSA) is 85.0 Å². The Morgan fingerprint density at radius 2 is 1.81 bits per heavy atom. The third-order valence-electron chi connectivity index (χ3n) is 9.99. The van der Waals surface area contributed by atoms with E-state index in [1.807, 2.05) is 0 Å². The SMILES string of the molecule is COC1CC2CC(C3(C)C(C)CC(OC(C)=O)C45C(OC)OC(CC34)CC53CO3)OC2O1. The Morgan fingerprint density at radius 3 is 2.44 bits per heavy atom. The Balaban J connectivity index is 1.41. The molecular weight excluding hydrogens is 416 g/mol. The summed E-state index contributed by atoms with van der Waals surface area (Å²) in [5.74, 6) is 0.558. The molecule has 7 rings (SSSR count). The van der Waals surface area contributed by atoms with Gasteiger partial charge < -0.3 is 33.2 Å². The first-order valence-electron chi connectivity index (χ1n) is 12.1. The molecule has 2 aliphatic carbocycles. The van der Waals surface area contributed by atoms with Crippen LogP contribution in [0.1, 0.15) is 52.9 Å². The van der Waals surface area contributed by atoms with Crippen molar-refractivity contribution in [3.05, 3.63) is 0 Å². The van der Waals surface area contributed by atoms with Gasteiger partial charge in [0.1, 0.15) is 11.7 Å². The van der Waals surface area contributed by atoms with Gasteiger partial charge in [0.05, 0.1) is 24.2 Å². The normalized spacial score (nSPS) is 58.0. The molecule has 12 atom stereocenters. The molecule has 0 aromatic carbocycles. The molecular formula is C24H36O8. The maximum Gasteiger partial charge on any atom is 0.302 e. The smallest absolute Gasteiger partial charge is 0.302 e. The van der Waals surface area contributed by atoms with Crippen LogP contribution in [-0.2, 0) is 38.0 Å². The van der Waals surface area contributed by atoms with Gasteiger partial charge in [0, 0.05) is 45.3 Å². The lowest BCUT2D eigenvalue weighted by Gasteiger charge is -2.69. The van der Waals surface area contributed by atoms with Crippen molar-refractivity contribution in [3.8, 4) is 0 Å². The average molecular weight is 453 g/mol. The van der Waals surface area contributed by atoms with Gasteiger partial charge in [-0.2, -0.15) is 0 Å². The van der Waals surface area contributed by atoms with Crippen LogP contribution < -0.4 is 0 Å². The summed E-state index contributed by atoms with van der Waals surface area (Å²) in [4.78, 5) is 12.2. The van der Waals surface area contributed by atoms with Crippen LogP contribution >= 0.6 is 0 Å². The van der Waals surface area contributed by atoms with Crippen LogP contribution in [0, 0.1) is 28.6 Å². The molecule has 32 heavy (non-hydrogen) atoms. The predicted molar refractivity (Wildman–Crippen MR) is 110 cm³/mol. The summed E-state index contributed by atoms with van der Waals surface area (Å²) < 4.78 is 42.7. The molecule has 0 amide bonds. The van der Waals surface area contributed by atoms with Gasteiger partial charge in [-0.1, -0.05) is 13.8 Å². The second kappa shape index (κ2) is 7.12. The molecule has 12 unspecified atom stereocenters. The molecule has 8 heteroatoms. The maximum absolute atomic E-state index is 12.2. The van der Waals surface area contributed by atoms with Gasteiger partial charge in [-0.3, -0.25) is 4.79 Å². The second-order valence-corrected chi connectivity index (χ2v) is 11.2. The number of carbonyl (C=O) groups excluding carboxylic acids is 1. The summed E-state index contributed by atoms with van der Waals surface area (Å²) in [6, 6.07) is 0. The molecule has 2 bridgehead atoms. The van der Waals surface area contributed by atoms with Gasteiger partial charge in [0.2, 0.25) is 0 Å². The number of hydrogen-bond donors (Lipinski definition) is 0. The van der Waals surface area contributed by atoms with Crippen molar-refractivity contribution in [3.63, 3.8) is 0 Å². The molecule has 0 aromatic heterocycles. The lowest BCUT2D eigenvalue weighted by Crippen LogP contribution is -2.76. The number of esters is 1. The molecule has 0 aromatic rings. The van der Waals surface area contributed by atoms with E-state index < -0.39 is 11.7 Å². The van der Waals surface area contributed by atoms with Gasteiger partial charge in [0.25, 0.3) is 0 Å². The van der Waals surface area contributed by atoms with E-state index in [1.165, 1.54) is 6.92 Å². The standard InChI is InChI=1S/C24H36O8/c1-12-6-18(29-13(2)25)24-16(9-15(30-21(24)27-5)10-23(24)11-28-23)22(12,3)17-7-14-8-19(26-4)32-20(14)31-17/h12,14-21H,6-11H2,1-5H3. The highest BCUT2D eigenvalue weighted by Gasteiger charge is 2.82. The van der Waals surface area contributed by atoms with Crippen LogP contribution in [0.3, 0.4) is 0 Å². The van der Waals surface area contributed by atoms with Gasteiger partial charge in [0.15, 0.2) is 18.9 Å². The van der Waals surface area contributed by atoms with E-state index in [-0.39, 0.29) is 59.7 Å². The minimum atomic E-state index is -0.541. The van der Waals surface area contributed by atoms with Crippen molar-refractivity contribution in [2.24, 2.45) is 28.6 Å². The molecule has 180 valence electrons. The van der Waals surface area contributed by atoms with Crippen molar-refractivity contribution in [1.82, 2.24) is 0 Å². The number of epoxide rings is 1. The Hall–Kier alpha value is -0.770. The van der Waals surface area contributed by atoms with Crippen molar-refractivity contribution in [1.29, 1.82) is 0 Å². The van der Waals surface area contributed by atoms with E-state index in [2.05, 4.69) is 13.8 Å². The molecule has 2 saturated carbocycles. The lowest BCUT2D eigenvalue weighted by molar-refractivity contribution is -0.380. The van der Waals surface area contributed by atoms with Crippen LogP contribution in [0.25, 0.3) is 0 Å². The number of ether oxygens (including phenoxy) is 7. The quantitative estimate of drug-likeness (QED) is 0.475. The van der Waals surface area contributed by atoms with Crippen molar-refractivity contribution >= 4 is 5.97 Å². The van der Waals surface area contributed by atoms with Gasteiger partial charge in [-0.15, -0.1) is 0 Å². The lowest BCUT2D eigenvalue weighted by atomic mass is 9.40. The van der Waals surface area contributed by atoms with Crippen LogP contribution in [0.2, 0.25) is 0 Å². The Kier molecular flexibility index (Phi) is 4.84. The highest BCUT2D eigenvalue weighted by atomic mass is 16.8. The first kappa shape index (κ1) is 21.7. The summed E-state index contributed by atoms with van der Waals surface area (Å²) in [7, 11) is 3.38. The van der Waals surface area contributed by atoms with Gasteiger partial charge >= 0.3 is 5.97 Å². The Labute approximate surface area is 189 Å². The minimum Gasteiger partial charge on any atom is -0.462 e. The number of rotatable bonds is 4. The Bertz CT molecular complexity index is 770. The minimum absolute atomic E-state index is 0.0538. The van der Waals surface area contributed by atoms with E-state index in [0.29, 0.717) is 12.5 Å². The first-order valence-corrected chi connectivity index (χ1v) is 12.1. The summed E-state index contributed by atoms with van der Waals surface area (Å²) in [6.07, 6.45) is 3.26. The average Bonchev–Trinajstić information content (AvgIpc) is 3.22. The molecule has 0 N–H and O–H groups in total. The molecule has 5 aliphatic heterocycles. The fraction of sp³-hybridized carbons (Fsp3) is 0.958. The van der Waals surface area contributed by atoms with Crippen LogP contribution in [0.4, 0.5) is 0 Å². The highest BCUT2D eigenvalue weighted by molar-refractivity contribution is 5.66. The molecule has 5 heterocycles. The highest BCUT2D eigenvalue weighted by Crippen LogP contribution is 2.74. The van der Waals surface area contributed by atoms with Crippen molar-refractivity contribution in [2.45, 2.75) is 95.7 Å². The summed E-state index contributed by atoms with van der Waals surface area (Å²) in [5, 5.41) is 0. The molecule has 7 fully saturated rings. The summed E-state index contributed by atoms with van der Waals surface area (Å²) in [5.41, 5.74) is -1.04. The molecule has 0 radical (unpaired) electrons. The predicted octanol–water partition coefficient (Wildman–Crippen LogP) is 2.62. The maximum atomic E-state index is 12.2. The third kappa shape index (κ3) is 2.62. The Morgan fingerprint density at radius 1 is 1.03 bits per heavy atom. The van der Waals surface area contributed by atoms with E-state index in [1.54, 1.807) is 14.2 Å². The number of fused-ring (bicyclic) bond motifs is 2. The molecule has 8 nitrogen and oxygen atoms in total. The number of carbonyl (C=O) groups is 1. The van der Waals surface area contributed by atoms with Crippen molar-refractivity contribution < 1.29 is 38.0 Å². The van der Waals surface area contributed by atoms with E-state index in [4.69, 9.17) is 33.2 Å². The van der Waals surface area contributed by atoms with Gasteiger partial charge in [-0.25, -0.2) is 0 Å². The van der Waals surface area contributed by atoms with Gasteiger partial charge in [-0.05, 0) is 31.1 Å². The molecule has 7 aliphatic rings. The van der Waals surface area contributed by atoms with Crippen LogP contribution in [0.15, 0.2) is 0 Å². The third-order valence-corrected chi connectivity index (χ3v) is 9.99. The zero-order valence-corrected chi connectivity index (χ0v) is 19.7. The van der Waals surface area contributed by atoms with Crippen LogP contribution in [-0.4, -0.2) is 69.6 Å².